The first-order chi connectivity index (χ1) is 10.1. The predicted molar refractivity (Wildman–Crippen MR) is 95.9 cm³/mol. The molecule has 120 valence electrons. The molecule has 0 saturated carbocycles. The smallest absolute Gasteiger partial charge is 0.173 e. The van der Waals surface area contributed by atoms with Crippen LogP contribution in [0.4, 0.5) is 0 Å². The molecule has 0 spiro atoms. The zero-order valence-corrected chi connectivity index (χ0v) is 14.8. The topological polar surface area (TPSA) is 18.3 Å². The van der Waals surface area contributed by atoms with E-state index in [-0.39, 0.29) is 0 Å². The van der Waals surface area contributed by atoms with E-state index in [0.717, 1.165) is 19.5 Å². The van der Waals surface area contributed by atoms with E-state index in [1.165, 1.54) is 43.5 Å². The maximum absolute atomic E-state index is 4.29. The van der Waals surface area contributed by atoms with Crippen molar-refractivity contribution < 1.29 is 4.58 Å². The van der Waals surface area contributed by atoms with Gasteiger partial charge in [-0.3, -0.25) is 0 Å². The van der Waals surface area contributed by atoms with E-state index >= 15 is 0 Å². The van der Waals surface area contributed by atoms with Crippen LogP contribution in [0.1, 0.15) is 45.4 Å². The van der Waals surface area contributed by atoms with Crippen molar-refractivity contribution in [1.82, 2.24) is 9.62 Å². The van der Waals surface area contributed by atoms with Gasteiger partial charge in [-0.05, 0) is 38.8 Å². The summed E-state index contributed by atoms with van der Waals surface area (Å²) in [6.07, 6.45) is 11.5. The van der Waals surface area contributed by atoms with Crippen molar-refractivity contribution >= 4 is 18.2 Å². The van der Waals surface area contributed by atoms with Crippen molar-refractivity contribution in [2.75, 3.05) is 26.4 Å². The fraction of sp³-hybridized carbons (Fsp3) is 0.706. The number of nitrogens with zero attached hydrogens (tertiary/aromatic N) is 2. The number of hydrogen-bond donors (Lipinski definition) is 1. The Morgan fingerprint density at radius 1 is 1.38 bits per heavy atom. The molecule has 0 aromatic heterocycles. The highest BCUT2D eigenvalue weighted by Crippen LogP contribution is 2.22. The second-order valence-electron chi connectivity index (χ2n) is 5.67. The third kappa shape index (κ3) is 6.27. The summed E-state index contributed by atoms with van der Waals surface area (Å²) in [5.41, 5.74) is 2.46. The molecule has 1 saturated heterocycles. The average molecular weight is 311 g/mol. The Morgan fingerprint density at radius 3 is 2.71 bits per heavy atom. The van der Waals surface area contributed by atoms with Crippen LogP contribution >= 0.6 is 11.9 Å². The minimum absolute atomic E-state index is 0.492. The van der Waals surface area contributed by atoms with Crippen molar-refractivity contribution in [2.45, 2.75) is 51.5 Å². The summed E-state index contributed by atoms with van der Waals surface area (Å²) in [5, 5.41) is 3.53. The number of unbranched alkanes of at least 4 members (excludes halogenated alkanes) is 2. The number of rotatable bonds is 10. The Labute approximate surface area is 135 Å². The molecular formula is C17H32N3S+. The van der Waals surface area contributed by atoms with E-state index in [1.807, 2.05) is 6.92 Å². The molecule has 0 amide bonds. The van der Waals surface area contributed by atoms with Gasteiger partial charge in [0.2, 0.25) is 0 Å². The van der Waals surface area contributed by atoms with Gasteiger partial charge in [0.1, 0.15) is 13.3 Å². The summed E-state index contributed by atoms with van der Waals surface area (Å²) in [4.78, 5) is 0. The quantitative estimate of drug-likeness (QED) is 0.288. The Bertz CT molecular complexity index is 370. The van der Waals surface area contributed by atoms with Gasteiger partial charge < -0.3 is 9.62 Å². The van der Waals surface area contributed by atoms with Gasteiger partial charge in [0.05, 0.1) is 0 Å². The van der Waals surface area contributed by atoms with Gasteiger partial charge in [0.15, 0.2) is 5.70 Å². The lowest BCUT2D eigenvalue weighted by Crippen LogP contribution is -2.31. The third-order valence-electron chi connectivity index (χ3n) is 4.22. The van der Waals surface area contributed by atoms with Crippen LogP contribution in [0, 0.1) is 0 Å². The zero-order chi connectivity index (χ0) is 15.7. The fourth-order valence-corrected chi connectivity index (χ4v) is 3.29. The first-order valence-electron chi connectivity index (χ1n) is 8.04. The Balaban J connectivity index is 2.20. The van der Waals surface area contributed by atoms with Crippen molar-refractivity contribution in [1.29, 1.82) is 0 Å². The molecule has 0 bridgehead atoms. The fourth-order valence-electron chi connectivity index (χ4n) is 2.62. The van der Waals surface area contributed by atoms with Gasteiger partial charge in [-0.15, -0.1) is 0 Å². The predicted octanol–water partition coefficient (Wildman–Crippen LogP) is 3.64. The molecule has 1 aliphatic rings. The molecule has 3 nitrogen and oxygen atoms in total. The minimum atomic E-state index is 0.492. The molecule has 1 N–H and O–H groups in total. The highest BCUT2D eigenvalue weighted by molar-refractivity contribution is 7.96. The summed E-state index contributed by atoms with van der Waals surface area (Å²) in [7, 11) is 2.07. The van der Waals surface area contributed by atoms with Crippen molar-refractivity contribution in [2.24, 2.45) is 0 Å². The Kier molecular flexibility index (Phi) is 8.77. The maximum atomic E-state index is 4.29. The molecule has 0 radical (unpaired) electrons. The number of hydrogen-bond acceptors (Lipinski definition) is 3. The normalized spacial score (nSPS) is 18.8. The third-order valence-corrected chi connectivity index (χ3v) is 5.07. The highest BCUT2D eigenvalue weighted by Gasteiger charge is 2.21. The van der Waals surface area contributed by atoms with Crippen LogP contribution in [0.25, 0.3) is 0 Å². The maximum Gasteiger partial charge on any atom is 0.173 e. The molecule has 1 fully saturated rings. The summed E-state index contributed by atoms with van der Waals surface area (Å²) in [5.74, 6) is 0. The molecule has 1 rings (SSSR count). The van der Waals surface area contributed by atoms with Crippen LogP contribution in [-0.4, -0.2) is 47.5 Å². The molecule has 0 aromatic carbocycles. The second kappa shape index (κ2) is 10.1. The standard InChI is InChI=1S/C17H32N3S/c1-6-19(4)15(2)11-8-7-9-14-20(21-5)16(3)17-12-10-13-18-17/h6,17-18H,2-3,7-14H2,1,4-5H3/q+1. The van der Waals surface area contributed by atoms with E-state index < -0.39 is 0 Å². The monoisotopic (exact) mass is 310 g/mol. The van der Waals surface area contributed by atoms with Crippen LogP contribution in [0.2, 0.25) is 0 Å². The summed E-state index contributed by atoms with van der Waals surface area (Å²) in [6.45, 7) is 12.7. The summed E-state index contributed by atoms with van der Waals surface area (Å²) >= 11 is 1.80. The lowest BCUT2D eigenvalue weighted by atomic mass is 10.1. The van der Waals surface area contributed by atoms with Crippen LogP contribution in [0.5, 0.6) is 0 Å². The van der Waals surface area contributed by atoms with Crippen LogP contribution in [0.3, 0.4) is 0 Å². The lowest BCUT2D eigenvalue weighted by Gasteiger charge is -2.27. The number of allylic oxidation sites excluding steroid dienone is 1. The van der Waals surface area contributed by atoms with Gasteiger partial charge in [-0.1, -0.05) is 24.9 Å². The van der Waals surface area contributed by atoms with Gasteiger partial charge >= 0.3 is 0 Å². The van der Waals surface area contributed by atoms with Crippen molar-refractivity contribution in [3.8, 4) is 0 Å². The van der Waals surface area contributed by atoms with Gasteiger partial charge in [0, 0.05) is 37.9 Å². The largest absolute Gasteiger partial charge is 0.319 e. The van der Waals surface area contributed by atoms with E-state index in [4.69, 9.17) is 0 Å². The zero-order valence-electron chi connectivity index (χ0n) is 14.0. The van der Waals surface area contributed by atoms with Gasteiger partial charge in [-0.2, -0.15) is 0 Å². The molecular weight excluding hydrogens is 278 g/mol. The van der Waals surface area contributed by atoms with Crippen LogP contribution < -0.4 is 5.32 Å². The molecule has 21 heavy (non-hydrogen) atoms. The average Bonchev–Trinajstić information content (AvgIpc) is 3.03. The molecule has 1 atom stereocenters. The molecule has 1 unspecified atom stereocenters. The lowest BCUT2D eigenvalue weighted by molar-refractivity contribution is -0.441. The highest BCUT2D eigenvalue weighted by atomic mass is 32.2. The first kappa shape index (κ1) is 18.3. The summed E-state index contributed by atoms with van der Waals surface area (Å²) < 4.78 is 4.48. The minimum Gasteiger partial charge on any atom is -0.319 e. The molecule has 0 aliphatic carbocycles. The van der Waals surface area contributed by atoms with Crippen molar-refractivity contribution in [3.05, 3.63) is 24.6 Å². The summed E-state index contributed by atoms with van der Waals surface area (Å²) in [6, 6.07) is 0.492. The SMILES string of the molecule is C=C(C1CCCN1)N(CCCCCC(=C)[N+](C)=CC)SC. The van der Waals surface area contributed by atoms with Crippen molar-refractivity contribution in [3.63, 3.8) is 0 Å². The Morgan fingerprint density at radius 2 is 2.14 bits per heavy atom. The molecule has 1 heterocycles. The van der Waals surface area contributed by atoms with Gasteiger partial charge in [-0.25, -0.2) is 4.58 Å². The van der Waals surface area contributed by atoms with E-state index in [2.05, 4.69) is 46.9 Å². The molecule has 1 aliphatic heterocycles. The van der Waals surface area contributed by atoms with Crippen LogP contribution in [-0.2, 0) is 0 Å². The van der Waals surface area contributed by atoms with Crippen LogP contribution in [0.15, 0.2) is 24.6 Å². The molecule has 0 aromatic rings. The second-order valence-corrected chi connectivity index (χ2v) is 6.48. The van der Waals surface area contributed by atoms with E-state index in [1.54, 1.807) is 11.9 Å². The first-order valence-corrected chi connectivity index (χ1v) is 9.22. The van der Waals surface area contributed by atoms with Gasteiger partial charge in [0.25, 0.3) is 0 Å². The number of nitrogens with one attached hydrogen (secondary N) is 1. The van der Waals surface area contributed by atoms with E-state index in [0.29, 0.717) is 6.04 Å². The Hall–Kier alpha value is -0.740. The molecule has 4 heteroatoms. The van der Waals surface area contributed by atoms with E-state index in [9.17, 15) is 0 Å².